The average Bonchev–Trinajstić information content (AvgIpc) is 3.58. The predicted octanol–water partition coefficient (Wildman–Crippen LogP) is 5.61. The summed E-state index contributed by atoms with van der Waals surface area (Å²) in [5.74, 6) is 0.839. The fourth-order valence-corrected chi connectivity index (χ4v) is 3.88. The van der Waals surface area contributed by atoms with Crippen LogP contribution >= 0.6 is 0 Å². The van der Waals surface area contributed by atoms with E-state index < -0.39 is 5.97 Å². The monoisotopic (exact) mass is 400 g/mol. The number of aliphatic carboxylic acids is 1. The van der Waals surface area contributed by atoms with E-state index in [0.29, 0.717) is 17.4 Å². The first kappa shape index (κ1) is 19.8. The summed E-state index contributed by atoms with van der Waals surface area (Å²) in [5, 5.41) is 9.50. The number of benzene rings is 3. The van der Waals surface area contributed by atoms with Gasteiger partial charge in [0, 0.05) is 0 Å². The second kappa shape index (κ2) is 8.87. The number of hydrogen-bond acceptors (Lipinski definition) is 3. The van der Waals surface area contributed by atoms with Crippen LogP contribution in [0.3, 0.4) is 0 Å². The van der Waals surface area contributed by atoms with Crippen LogP contribution in [-0.2, 0) is 16.1 Å². The molecule has 0 bridgehead atoms. The Morgan fingerprint density at radius 1 is 0.967 bits per heavy atom. The Morgan fingerprint density at radius 2 is 1.67 bits per heavy atom. The minimum atomic E-state index is -1.04. The van der Waals surface area contributed by atoms with E-state index in [1.807, 2.05) is 36.4 Å². The minimum absolute atomic E-state index is 0.106. The molecule has 4 nitrogen and oxygen atoms in total. The van der Waals surface area contributed by atoms with E-state index in [-0.39, 0.29) is 12.2 Å². The van der Waals surface area contributed by atoms with Gasteiger partial charge < -0.3 is 14.6 Å². The molecule has 1 saturated carbocycles. The van der Waals surface area contributed by atoms with Gasteiger partial charge in [-0.25, -0.2) is 4.79 Å². The molecule has 0 amide bonds. The van der Waals surface area contributed by atoms with Gasteiger partial charge in [0.15, 0.2) is 0 Å². The molecule has 0 heterocycles. The molecule has 3 aromatic carbocycles. The molecule has 0 aromatic heterocycles. The van der Waals surface area contributed by atoms with Crippen LogP contribution < -0.4 is 4.74 Å². The van der Waals surface area contributed by atoms with Gasteiger partial charge in [0.25, 0.3) is 0 Å². The lowest BCUT2D eigenvalue weighted by molar-refractivity contribution is -0.130. The zero-order valence-corrected chi connectivity index (χ0v) is 16.8. The maximum Gasteiger partial charge on any atom is 0.339 e. The summed E-state index contributed by atoms with van der Waals surface area (Å²) in [6, 6.07) is 26.1. The van der Waals surface area contributed by atoms with Gasteiger partial charge in [-0.15, -0.1) is 0 Å². The van der Waals surface area contributed by atoms with Gasteiger partial charge >= 0.3 is 5.97 Å². The van der Waals surface area contributed by atoms with Crippen molar-refractivity contribution in [3.05, 3.63) is 107 Å². The van der Waals surface area contributed by atoms with Crippen molar-refractivity contribution in [1.82, 2.24) is 0 Å². The van der Waals surface area contributed by atoms with E-state index in [9.17, 15) is 9.90 Å². The van der Waals surface area contributed by atoms with E-state index in [4.69, 9.17) is 9.47 Å². The molecule has 1 aliphatic rings. The summed E-state index contributed by atoms with van der Waals surface area (Å²) in [4.78, 5) is 11.6. The third-order valence-corrected chi connectivity index (χ3v) is 5.47. The number of carbonyl (C=O) groups is 1. The summed E-state index contributed by atoms with van der Waals surface area (Å²) < 4.78 is 11.0. The van der Waals surface area contributed by atoms with Crippen LogP contribution in [0.2, 0.25) is 0 Å². The maximum atomic E-state index is 11.6. The molecule has 1 aliphatic carbocycles. The molecule has 0 aliphatic heterocycles. The summed E-state index contributed by atoms with van der Waals surface area (Å²) in [6.07, 6.45) is 2.40. The highest BCUT2D eigenvalue weighted by Crippen LogP contribution is 2.54. The first-order valence-corrected chi connectivity index (χ1v) is 9.99. The fraction of sp³-hybridized carbons (Fsp3) is 0.192. The van der Waals surface area contributed by atoms with Crippen molar-refractivity contribution in [2.24, 2.45) is 0 Å². The molecule has 0 saturated heterocycles. The van der Waals surface area contributed by atoms with Crippen LogP contribution in [0.15, 0.2) is 85.1 Å². The molecule has 2 atom stereocenters. The highest BCUT2D eigenvalue weighted by atomic mass is 16.5. The Kier molecular flexibility index (Phi) is 5.84. The molecular formula is C26H24O4. The Hall–Kier alpha value is -3.53. The summed E-state index contributed by atoms with van der Waals surface area (Å²) in [6.45, 7) is 0.279. The minimum Gasteiger partial charge on any atom is -0.503 e. The molecule has 30 heavy (non-hydrogen) atoms. The third-order valence-electron chi connectivity index (χ3n) is 5.47. The Labute approximate surface area is 176 Å². The molecule has 4 rings (SSSR count). The highest BCUT2D eigenvalue weighted by molar-refractivity contribution is 6.15. The van der Waals surface area contributed by atoms with Crippen molar-refractivity contribution in [2.45, 2.75) is 24.9 Å². The lowest BCUT2D eigenvalue weighted by Crippen LogP contribution is -2.06. The lowest BCUT2D eigenvalue weighted by Gasteiger charge is -2.12. The highest BCUT2D eigenvalue weighted by Gasteiger charge is 2.39. The second-order valence-electron chi connectivity index (χ2n) is 7.45. The SMILES string of the molecule is COC=C(C(=O)O)c1ccccc1COc1cccc(C2CC2c2ccccc2)c1. The van der Waals surface area contributed by atoms with E-state index in [0.717, 1.165) is 17.7 Å². The Bertz CT molecular complexity index is 1060. The van der Waals surface area contributed by atoms with Crippen LogP contribution in [-0.4, -0.2) is 18.2 Å². The van der Waals surface area contributed by atoms with E-state index in [2.05, 4.69) is 36.4 Å². The molecule has 152 valence electrons. The zero-order valence-electron chi connectivity index (χ0n) is 16.8. The van der Waals surface area contributed by atoms with Crippen molar-refractivity contribution in [3.63, 3.8) is 0 Å². The van der Waals surface area contributed by atoms with E-state index >= 15 is 0 Å². The van der Waals surface area contributed by atoms with Crippen LogP contribution in [0.25, 0.3) is 5.57 Å². The normalized spacial score (nSPS) is 18.0. The molecular weight excluding hydrogens is 376 g/mol. The van der Waals surface area contributed by atoms with E-state index in [1.165, 1.54) is 24.5 Å². The van der Waals surface area contributed by atoms with Gasteiger partial charge in [-0.05, 0) is 52.6 Å². The number of rotatable bonds is 8. The third kappa shape index (κ3) is 4.38. The fourth-order valence-electron chi connectivity index (χ4n) is 3.88. The van der Waals surface area contributed by atoms with E-state index in [1.54, 1.807) is 6.07 Å². The molecule has 0 radical (unpaired) electrons. The maximum absolute atomic E-state index is 11.6. The van der Waals surface area contributed by atoms with Crippen LogP contribution in [0.5, 0.6) is 5.75 Å². The van der Waals surface area contributed by atoms with Gasteiger partial charge in [-0.2, -0.15) is 0 Å². The predicted molar refractivity (Wildman–Crippen MR) is 116 cm³/mol. The molecule has 3 aromatic rings. The number of carboxylic acid groups (broad SMARTS) is 1. The number of carboxylic acids is 1. The Balaban J connectivity index is 1.48. The van der Waals surface area contributed by atoms with Gasteiger partial charge in [0.2, 0.25) is 0 Å². The summed E-state index contributed by atoms with van der Waals surface area (Å²) in [7, 11) is 1.44. The van der Waals surface area contributed by atoms with Crippen molar-refractivity contribution >= 4 is 11.5 Å². The quantitative estimate of drug-likeness (QED) is 0.394. The first-order chi connectivity index (χ1) is 14.7. The number of hydrogen-bond donors (Lipinski definition) is 1. The number of methoxy groups -OCH3 is 1. The molecule has 1 fully saturated rings. The smallest absolute Gasteiger partial charge is 0.339 e. The van der Waals surface area contributed by atoms with Gasteiger partial charge in [-0.1, -0.05) is 66.7 Å². The molecule has 1 N–H and O–H groups in total. The first-order valence-electron chi connectivity index (χ1n) is 9.99. The van der Waals surface area contributed by atoms with Crippen molar-refractivity contribution in [2.75, 3.05) is 7.11 Å². The average molecular weight is 400 g/mol. The van der Waals surface area contributed by atoms with Crippen LogP contribution in [0, 0.1) is 0 Å². The second-order valence-corrected chi connectivity index (χ2v) is 7.45. The van der Waals surface area contributed by atoms with Crippen molar-refractivity contribution in [1.29, 1.82) is 0 Å². The summed E-state index contributed by atoms with van der Waals surface area (Å²) >= 11 is 0. The number of ether oxygens (including phenoxy) is 2. The van der Waals surface area contributed by atoms with Crippen molar-refractivity contribution < 1.29 is 19.4 Å². The lowest BCUT2D eigenvalue weighted by atomic mass is 10.0. The van der Waals surface area contributed by atoms with Crippen molar-refractivity contribution in [3.8, 4) is 5.75 Å². The van der Waals surface area contributed by atoms with Gasteiger partial charge in [0.05, 0.1) is 13.4 Å². The Morgan fingerprint density at radius 3 is 2.43 bits per heavy atom. The zero-order chi connectivity index (χ0) is 20.9. The van der Waals surface area contributed by atoms with Crippen LogP contribution in [0.4, 0.5) is 0 Å². The van der Waals surface area contributed by atoms with Gasteiger partial charge in [0.1, 0.15) is 17.9 Å². The van der Waals surface area contributed by atoms with Gasteiger partial charge in [-0.3, -0.25) is 0 Å². The topological polar surface area (TPSA) is 55.8 Å². The largest absolute Gasteiger partial charge is 0.503 e. The molecule has 4 heteroatoms. The van der Waals surface area contributed by atoms with Crippen LogP contribution in [0.1, 0.15) is 40.5 Å². The summed E-state index contributed by atoms with van der Waals surface area (Å²) in [5.41, 5.74) is 4.15. The molecule has 2 unspecified atom stereocenters. The standard InChI is InChI=1S/C26H24O4/c1-29-17-25(26(27)28)22-13-6-5-10-20(22)16-30-21-12-7-11-19(14-21)24-15-23(24)18-8-3-2-4-9-18/h2-14,17,23-24H,15-16H2,1H3,(H,27,28). The molecule has 0 spiro atoms.